The molecule has 100 valence electrons. The van der Waals surface area contributed by atoms with Crippen LogP contribution in [0.25, 0.3) is 0 Å². The number of benzene rings is 1. The fourth-order valence-electron chi connectivity index (χ4n) is 2.33. The summed E-state index contributed by atoms with van der Waals surface area (Å²) in [6.07, 6.45) is 2.92. The van der Waals surface area contributed by atoms with E-state index < -0.39 is 10.0 Å². The van der Waals surface area contributed by atoms with Crippen molar-refractivity contribution in [3.63, 3.8) is 0 Å². The molecule has 1 fully saturated rings. The van der Waals surface area contributed by atoms with E-state index in [2.05, 4.69) is 4.72 Å². The first-order valence-electron chi connectivity index (χ1n) is 6.29. The van der Waals surface area contributed by atoms with Crippen molar-refractivity contribution in [2.24, 2.45) is 11.7 Å². The molecule has 0 unspecified atom stereocenters. The summed E-state index contributed by atoms with van der Waals surface area (Å²) in [4.78, 5) is 0.329. The number of nitrogens with one attached hydrogen (secondary N) is 1. The molecule has 0 radical (unpaired) electrons. The second-order valence-corrected chi connectivity index (χ2v) is 6.87. The van der Waals surface area contributed by atoms with Gasteiger partial charge in [0.15, 0.2) is 0 Å². The predicted octanol–water partition coefficient (Wildman–Crippen LogP) is 1.40. The summed E-state index contributed by atoms with van der Waals surface area (Å²) in [6.45, 7) is 2.42. The third-order valence-electron chi connectivity index (χ3n) is 3.48. The Balaban J connectivity index is 1.97. The van der Waals surface area contributed by atoms with Crippen molar-refractivity contribution >= 4 is 10.0 Å². The molecule has 0 amide bonds. The fourth-order valence-corrected chi connectivity index (χ4v) is 3.44. The van der Waals surface area contributed by atoms with E-state index in [1.807, 2.05) is 6.92 Å². The zero-order valence-electron chi connectivity index (χ0n) is 10.6. The predicted molar refractivity (Wildman–Crippen MR) is 71.7 cm³/mol. The summed E-state index contributed by atoms with van der Waals surface area (Å²) < 4.78 is 26.8. The van der Waals surface area contributed by atoms with E-state index in [-0.39, 0.29) is 6.04 Å². The Hall–Kier alpha value is -0.910. The highest BCUT2D eigenvalue weighted by atomic mass is 32.2. The summed E-state index contributed by atoms with van der Waals surface area (Å²) in [5.74, 6) is 0.375. The lowest BCUT2D eigenvalue weighted by atomic mass is 10.1. The molecule has 2 atom stereocenters. The first-order chi connectivity index (χ1) is 8.47. The molecule has 0 spiro atoms. The molecule has 0 aromatic heterocycles. The van der Waals surface area contributed by atoms with Crippen LogP contribution in [0.3, 0.4) is 0 Å². The molecule has 0 saturated heterocycles. The number of aryl methyl sites for hydroxylation is 1. The van der Waals surface area contributed by atoms with E-state index in [1.165, 1.54) is 0 Å². The van der Waals surface area contributed by atoms with E-state index in [0.29, 0.717) is 17.4 Å². The van der Waals surface area contributed by atoms with Crippen molar-refractivity contribution in [1.29, 1.82) is 0 Å². The van der Waals surface area contributed by atoms with Gasteiger partial charge in [0.05, 0.1) is 4.90 Å². The summed E-state index contributed by atoms with van der Waals surface area (Å²) in [5.41, 5.74) is 6.87. The van der Waals surface area contributed by atoms with Crippen molar-refractivity contribution in [2.75, 3.05) is 6.54 Å². The molecule has 0 heterocycles. The minimum Gasteiger partial charge on any atom is -0.328 e. The van der Waals surface area contributed by atoms with Gasteiger partial charge in [-0.15, -0.1) is 0 Å². The average molecular weight is 268 g/mol. The van der Waals surface area contributed by atoms with Crippen LogP contribution in [0.15, 0.2) is 29.2 Å². The molecule has 4 nitrogen and oxygen atoms in total. The molecular weight excluding hydrogens is 248 g/mol. The van der Waals surface area contributed by atoms with Crippen molar-refractivity contribution in [1.82, 2.24) is 4.72 Å². The fraction of sp³-hybridized carbons (Fsp3) is 0.538. The van der Waals surface area contributed by atoms with E-state index in [0.717, 1.165) is 24.8 Å². The molecule has 5 heteroatoms. The Kier molecular flexibility index (Phi) is 4.04. The van der Waals surface area contributed by atoms with Crippen LogP contribution < -0.4 is 10.5 Å². The van der Waals surface area contributed by atoms with Crippen molar-refractivity contribution in [2.45, 2.75) is 37.1 Å². The van der Waals surface area contributed by atoms with Crippen LogP contribution in [-0.4, -0.2) is 21.0 Å². The van der Waals surface area contributed by atoms with Gasteiger partial charge in [-0.05, 0) is 44.2 Å². The normalized spacial score (nSPS) is 24.3. The molecule has 1 aliphatic carbocycles. The zero-order chi connectivity index (χ0) is 13.2. The van der Waals surface area contributed by atoms with Gasteiger partial charge < -0.3 is 5.73 Å². The molecule has 0 aliphatic heterocycles. The van der Waals surface area contributed by atoms with Crippen molar-refractivity contribution in [3.05, 3.63) is 29.8 Å². The van der Waals surface area contributed by atoms with Gasteiger partial charge >= 0.3 is 0 Å². The van der Waals surface area contributed by atoms with Crippen molar-refractivity contribution < 1.29 is 8.42 Å². The number of nitrogens with two attached hydrogens (primary N) is 1. The maximum Gasteiger partial charge on any atom is 0.240 e. The molecule has 1 aromatic carbocycles. The minimum absolute atomic E-state index is 0.235. The smallest absolute Gasteiger partial charge is 0.240 e. The molecule has 1 aromatic rings. The van der Waals surface area contributed by atoms with Gasteiger partial charge in [0.25, 0.3) is 0 Å². The van der Waals surface area contributed by atoms with Crippen LogP contribution in [0.5, 0.6) is 0 Å². The summed E-state index contributed by atoms with van der Waals surface area (Å²) in [5, 5.41) is 0. The maximum absolute atomic E-state index is 12.0. The second-order valence-electron chi connectivity index (χ2n) is 5.10. The quantitative estimate of drug-likeness (QED) is 0.867. The topological polar surface area (TPSA) is 72.2 Å². The van der Waals surface area contributed by atoms with E-state index >= 15 is 0 Å². The van der Waals surface area contributed by atoms with Crippen LogP contribution in [-0.2, 0) is 10.0 Å². The highest BCUT2D eigenvalue weighted by Crippen LogP contribution is 2.23. The summed E-state index contributed by atoms with van der Waals surface area (Å²) in [6, 6.07) is 7.12. The Morgan fingerprint density at radius 2 is 1.94 bits per heavy atom. The number of sulfonamides is 1. The molecular formula is C13H20N2O2S. The molecule has 0 bridgehead atoms. The van der Waals surface area contributed by atoms with Crippen LogP contribution >= 0.6 is 0 Å². The first kappa shape index (κ1) is 13.5. The third kappa shape index (κ3) is 3.31. The number of rotatable bonds is 4. The maximum atomic E-state index is 12.0. The monoisotopic (exact) mass is 268 g/mol. The average Bonchev–Trinajstić information content (AvgIpc) is 2.73. The molecule has 18 heavy (non-hydrogen) atoms. The highest BCUT2D eigenvalue weighted by Gasteiger charge is 2.23. The SMILES string of the molecule is Cc1ccc(S(=O)(=O)NC[C@@H]2CC[C@H](N)C2)cc1. The van der Waals surface area contributed by atoms with Gasteiger partial charge in [-0.3, -0.25) is 0 Å². The van der Waals surface area contributed by atoms with Crippen LogP contribution in [0.2, 0.25) is 0 Å². The van der Waals surface area contributed by atoms with Gasteiger partial charge in [-0.1, -0.05) is 17.7 Å². The lowest BCUT2D eigenvalue weighted by molar-refractivity contribution is 0.512. The van der Waals surface area contributed by atoms with Gasteiger partial charge in [-0.25, -0.2) is 13.1 Å². The molecule has 3 N–H and O–H groups in total. The van der Waals surface area contributed by atoms with E-state index in [1.54, 1.807) is 24.3 Å². The molecule has 2 rings (SSSR count). The zero-order valence-corrected chi connectivity index (χ0v) is 11.4. The highest BCUT2D eigenvalue weighted by molar-refractivity contribution is 7.89. The third-order valence-corrected chi connectivity index (χ3v) is 4.91. The van der Waals surface area contributed by atoms with E-state index in [4.69, 9.17) is 5.73 Å². The molecule has 1 aliphatic rings. The summed E-state index contributed by atoms with van der Waals surface area (Å²) >= 11 is 0. The Labute approximate surface area is 109 Å². The minimum atomic E-state index is -3.37. The number of hydrogen-bond acceptors (Lipinski definition) is 3. The van der Waals surface area contributed by atoms with Gasteiger partial charge in [-0.2, -0.15) is 0 Å². The first-order valence-corrected chi connectivity index (χ1v) is 7.77. The molecule has 1 saturated carbocycles. The van der Waals surface area contributed by atoms with Crippen LogP contribution in [0, 0.1) is 12.8 Å². The van der Waals surface area contributed by atoms with Gasteiger partial charge in [0.2, 0.25) is 10.0 Å². The van der Waals surface area contributed by atoms with Crippen molar-refractivity contribution in [3.8, 4) is 0 Å². The Bertz CT molecular complexity index is 496. The van der Waals surface area contributed by atoms with Crippen LogP contribution in [0.4, 0.5) is 0 Å². The standard InChI is InChI=1S/C13H20N2O2S/c1-10-2-6-13(7-3-10)18(16,17)15-9-11-4-5-12(14)8-11/h2-3,6-7,11-12,15H,4-5,8-9,14H2,1H3/t11-,12+/m1/s1. The second kappa shape index (κ2) is 5.38. The number of hydrogen-bond donors (Lipinski definition) is 2. The van der Waals surface area contributed by atoms with Gasteiger partial charge in [0, 0.05) is 12.6 Å². The van der Waals surface area contributed by atoms with E-state index in [9.17, 15) is 8.42 Å². The summed E-state index contributed by atoms with van der Waals surface area (Å²) in [7, 11) is -3.37. The Morgan fingerprint density at radius 3 is 2.50 bits per heavy atom. The largest absolute Gasteiger partial charge is 0.328 e. The van der Waals surface area contributed by atoms with Crippen LogP contribution in [0.1, 0.15) is 24.8 Å². The van der Waals surface area contributed by atoms with Gasteiger partial charge in [0.1, 0.15) is 0 Å². The lowest BCUT2D eigenvalue weighted by Crippen LogP contribution is -2.29. The Morgan fingerprint density at radius 1 is 1.28 bits per heavy atom. The lowest BCUT2D eigenvalue weighted by Gasteiger charge is -2.11.